The van der Waals surface area contributed by atoms with Crippen LogP contribution in [0.25, 0.3) is 6.08 Å². The second-order valence-corrected chi connectivity index (χ2v) is 8.80. The average molecular weight is 470 g/mol. The Morgan fingerprint density at radius 2 is 1.91 bits per heavy atom. The lowest BCUT2D eigenvalue weighted by atomic mass is 9.92. The molecule has 4 heterocycles. The lowest BCUT2D eigenvalue weighted by Gasteiger charge is -2.24. The van der Waals surface area contributed by atoms with Crippen molar-refractivity contribution in [2.75, 3.05) is 6.54 Å². The maximum atomic E-state index is 13.5. The third kappa shape index (κ3) is 3.47. The number of furan rings is 2. The van der Waals surface area contributed by atoms with Crippen LogP contribution >= 0.6 is 0 Å². The van der Waals surface area contributed by atoms with Gasteiger partial charge < -0.3 is 14.2 Å². The van der Waals surface area contributed by atoms with Crippen LogP contribution in [-0.4, -0.2) is 40.0 Å². The first-order valence-electron chi connectivity index (χ1n) is 11.4. The van der Waals surface area contributed by atoms with E-state index in [1.54, 1.807) is 36.6 Å². The van der Waals surface area contributed by atoms with E-state index in [1.165, 1.54) is 11.3 Å². The molecule has 2 aliphatic heterocycles. The summed E-state index contributed by atoms with van der Waals surface area (Å²) in [4.78, 5) is 40.7. The van der Waals surface area contributed by atoms with Crippen LogP contribution in [0, 0.1) is 0 Å². The number of allylic oxidation sites excluding steroid dienone is 1. The van der Waals surface area contributed by atoms with Crippen molar-refractivity contribution in [2.45, 2.75) is 30.8 Å². The fourth-order valence-electron chi connectivity index (χ4n) is 5.07. The van der Waals surface area contributed by atoms with E-state index in [0.717, 1.165) is 16.0 Å². The van der Waals surface area contributed by atoms with Gasteiger partial charge in [-0.2, -0.15) is 5.10 Å². The Bertz CT molecular complexity index is 1360. The number of aryl methyl sites for hydroxylation is 1. The minimum Gasteiger partial charge on any atom is -0.467 e. The molecule has 3 aromatic rings. The zero-order chi connectivity index (χ0) is 24.0. The third-order valence-corrected chi connectivity index (χ3v) is 6.76. The number of imide groups is 1. The summed E-state index contributed by atoms with van der Waals surface area (Å²) in [5, 5.41) is 8.64. The molecule has 1 N–H and O–H groups in total. The van der Waals surface area contributed by atoms with Crippen LogP contribution in [0.4, 0.5) is 4.79 Å². The largest absolute Gasteiger partial charge is 0.467 e. The fraction of sp³-hybridized carbons (Fsp3) is 0.231. The van der Waals surface area contributed by atoms with Gasteiger partial charge in [0.1, 0.15) is 29.6 Å². The topological polar surface area (TPSA) is 108 Å². The Labute approximate surface area is 200 Å². The molecule has 2 aromatic heterocycles. The standard InChI is InChI=1S/C26H22N4O5/c31-23(16-29-24(32)26(27-25(29)33)12-11-17-5-1-2-7-20(17)26)30-21(22-8-4-14-35-22)15-18(28-30)9-10-19-6-3-13-34-19/h1-10,13-14,21H,11-12,15-16H2,(H,27,33)/b10-9+/t21-,26-/m0/s1. The molecule has 1 fully saturated rings. The van der Waals surface area contributed by atoms with E-state index in [9.17, 15) is 14.4 Å². The van der Waals surface area contributed by atoms with Crippen molar-refractivity contribution in [3.05, 3.63) is 89.8 Å². The molecule has 176 valence electrons. The lowest BCUT2D eigenvalue weighted by Crippen LogP contribution is -2.44. The van der Waals surface area contributed by atoms with Crippen LogP contribution in [0.1, 0.15) is 41.5 Å². The number of amides is 4. The first-order chi connectivity index (χ1) is 17.0. The van der Waals surface area contributed by atoms with Crippen molar-refractivity contribution >= 4 is 29.6 Å². The summed E-state index contributed by atoms with van der Waals surface area (Å²) >= 11 is 0. The van der Waals surface area contributed by atoms with Crippen molar-refractivity contribution < 1.29 is 23.2 Å². The summed E-state index contributed by atoms with van der Waals surface area (Å²) in [6, 6.07) is 13.7. The van der Waals surface area contributed by atoms with Crippen molar-refractivity contribution in [3.63, 3.8) is 0 Å². The molecule has 1 saturated heterocycles. The van der Waals surface area contributed by atoms with Gasteiger partial charge in [0.25, 0.3) is 11.8 Å². The first kappa shape index (κ1) is 21.2. The molecular formula is C26H22N4O5. The van der Waals surface area contributed by atoms with Crippen LogP contribution < -0.4 is 5.32 Å². The van der Waals surface area contributed by atoms with Gasteiger partial charge in [0.05, 0.1) is 18.2 Å². The molecule has 0 saturated carbocycles. The van der Waals surface area contributed by atoms with Gasteiger partial charge in [0.15, 0.2) is 0 Å². The van der Waals surface area contributed by atoms with Crippen molar-refractivity contribution in [3.8, 4) is 0 Å². The highest BCUT2D eigenvalue weighted by Crippen LogP contribution is 2.41. The number of benzene rings is 1. The molecule has 0 bridgehead atoms. The Hall–Kier alpha value is -4.40. The first-order valence-corrected chi connectivity index (χ1v) is 11.4. The molecule has 9 nitrogen and oxygen atoms in total. The number of fused-ring (bicyclic) bond motifs is 2. The minimum atomic E-state index is -1.11. The number of carbonyl (C=O) groups is 3. The molecule has 9 heteroatoms. The SMILES string of the molecule is O=C1N[C@]2(CCc3ccccc32)C(=O)N1CC(=O)N1N=C(/C=C/c2ccco2)C[C@H]1c1ccco1. The van der Waals surface area contributed by atoms with Gasteiger partial charge in [0, 0.05) is 6.42 Å². The molecule has 0 unspecified atom stereocenters. The summed E-state index contributed by atoms with van der Waals surface area (Å²) in [7, 11) is 0. The third-order valence-electron chi connectivity index (χ3n) is 6.76. The number of hydrogen-bond acceptors (Lipinski definition) is 6. The Morgan fingerprint density at radius 3 is 2.71 bits per heavy atom. The Kier molecular flexibility index (Phi) is 4.91. The number of rotatable bonds is 5. The lowest BCUT2D eigenvalue weighted by molar-refractivity contribution is -0.140. The zero-order valence-electron chi connectivity index (χ0n) is 18.7. The number of nitrogens with one attached hydrogen (secondary N) is 1. The summed E-state index contributed by atoms with van der Waals surface area (Å²) < 4.78 is 10.9. The molecule has 4 amide bonds. The molecule has 3 aliphatic rings. The molecule has 6 rings (SSSR count). The van der Waals surface area contributed by atoms with Gasteiger partial charge >= 0.3 is 6.03 Å². The molecule has 35 heavy (non-hydrogen) atoms. The fourth-order valence-corrected chi connectivity index (χ4v) is 5.07. The van der Waals surface area contributed by atoms with Gasteiger partial charge in [-0.05, 0) is 60.4 Å². The molecule has 2 atom stereocenters. The van der Waals surface area contributed by atoms with E-state index in [4.69, 9.17) is 8.83 Å². The van der Waals surface area contributed by atoms with Gasteiger partial charge in [-0.1, -0.05) is 24.3 Å². The molecule has 1 aromatic carbocycles. The normalized spacial score (nSPS) is 23.4. The number of hydrazone groups is 1. The summed E-state index contributed by atoms with van der Waals surface area (Å²) in [6.45, 7) is -0.412. The monoisotopic (exact) mass is 470 g/mol. The smallest absolute Gasteiger partial charge is 0.325 e. The number of urea groups is 1. The van der Waals surface area contributed by atoms with Crippen LogP contribution in [0.5, 0.6) is 0 Å². The summed E-state index contributed by atoms with van der Waals surface area (Å²) in [5.41, 5.74) is 1.37. The molecule has 0 radical (unpaired) electrons. The van der Waals surface area contributed by atoms with Crippen molar-refractivity contribution in [1.29, 1.82) is 0 Å². The number of nitrogens with zero attached hydrogens (tertiary/aromatic N) is 3. The number of carbonyl (C=O) groups excluding carboxylic acids is 3. The van der Waals surface area contributed by atoms with Crippen LogP contribution in [-0.2, 0) is 21.5 Å². The minimum absolute atomic E-state index is 0.406. The number of hydrogen-bond donors (Lipinski definition) is 1. The van der Waals surface area contributed by atoms with E-state index in [-0.39, 0.29) is 0 Å². The second kappa shape index (κ2) is 8.12. The maximum Gasteiger partial charge on any atom is 0.325 e. The van der Waals surface area contributed by atoms with Gasteiger partial charge in [0.2, 0.25) is 0 Å². The van der Waals surface area contributed by atoms with E-state index in [0.29, 0.717) is 36.5 Å². The second-order valence-electron chi connectivity index (χ2n) is 8.80. The molecule has 1 spiro atoms. The van der Waals surface area contributed by atoms with E-state index >= 15 is 0 Å². The van der Waals surface area contributed by atoms with Crippen LogP contribution in [0.15, 0.2) is 81.1 Å². The summed E-state index contributed by atoms with van der Waals surface area (Å²) in [5.74, 6) is 0.353. The quantitative estimate of drug-likeness (QED) is 0.573. The van der Waals surface area contributed by atoms with Crippen LogP contribution in [0.3, 0.4) is 0 Å². The van der Waals surface area contributed by atoms with Gasteiger partial charge in [-0.25, -0.2) is 9.80 Å². The summed E-state index contributed by atoms with van der Waals surface area (Å²) in [6.07, 6.45) is 8.24. The predicted molar refractivity (Wildman–Crippen MR) is 125 cm³/mol. The van der Waals surface area contributed by atoms with E-state index in [2.05, 4.69) is 10.4 Å². The highest BCUT2D eigenvalue weighted by Gasteiger charge is 2.55. The van der Waals surface area contributed by atoms with Crippen LogP contribution in [0.2, 0.25) is 0 Å². The van der Waals surface area contributed by atoms with Crippen molar-refractivity contribution in [1.82, 2.24) is 15.2 Å². The molecular weight excluding hydrogens is 448 g/mol. The Balaban J connectivity index is 1.25. The maximum absolute atomic E-state index is 13.5. The van der Waals surface area contributed by atoms with Crippen molar-refractivity contribution in [2.24, 2.45) is 5.10 Å². The average Bonchev–Trinajstić information content (AvgIpc) is 3.68. The predicted octanol–water partition coefficient (Wildman–Crippen LogP) is 3.61. The van der Waals surface area contributed by atoms with E-state index < -0.39 is 36.0 Å². The van der Waals surface area contributed by atoms with Gasteiger partial charge in [-0.15, -0.1) is 0 Å². The zero-order valence-corrected chi connectivity index (χ0v) is 18.7. The van der Waals surface area contributed by atoms with Gasteiger partial charge in [-0.3, -0.25) is 14.5 Å². The highest BCUT2D eigenvalue weighted by molar-refractivity contribution is 6.10. The highest BCUT2D eigenvalue weighted by atomic mass is 16.3. The van der Waals surface area contributed by atoms with E-state index in [1.807, 2.05) is 30.3 Å². The Morgan fingerprint density at radius 1 is 1.09 bits per heavy atom. The molecule has 1 aliphatic carbocycles.